The number of hydrogen-bond acceptors (Lipinski definition) is 1. The number of benzene rings is 1. The smallest absolute Gasteiger partial charge is 0.224 e. The Morgan fingerprint density at radius 2 is 1.50 bits per heavy atom. The van der Waals surface area contributed by atoms with Crippen molar-refractivity contribution in [1.29, 1.82) is 0 Å². The summed E-state index contributed by atoms with van der Waals surface area (Å²) in [5, 5.41) is 1.49. The minimum absolute atomic E-state index is 0.942. The molecule has 1 rings (SSSR count). The molecule has 1 nitrogen and oxygen atoms in total. The lowest BCUT2D eigenvalue weighted by Crippen LogP contribution is -2.50. The van der Waals surface area contributed by atoms with Crippen LogP contribution in [0.4, 0.5) is 0 Å². The molecule has 0 spiro atoms. The summed E-state index contributed by atoms with van der Waals surface area (Å²) in [4.78, 5) is 0. The van der Waals surface area contributed by atoms with E-state index in [0.717, 1.165) is 6.61 Å². The van der Waals surface area contributed by atoms with E-state index in [1.54, 1.807) is 0 Å². The molecule has 1 aromatic carbocycles. The predicted molar refractivity (Wildman–Crippen MR) is 82.9 cm³/mol. The molecule has 0 amide bonds. The average Bonchev–Trinajstić information content (AvgIpc) is 2.40. The van der Waals surface area contributed by atoms with Crippen molar-refractivity contribution in [3.8, 4) is 0 Å². The van der Waals surface area contributed by atoms with Gasteiger partial charge in [0, 0.05) is 6.61 Å². The van der Waals surface area contributed by atoms with Crippen LogP contribution >= 0.6 is 0 Å². The van der Waals surface area contributed by atoms with Crippen molar-refractivity contribution >= 4 is 13.5 Å². The number of hydrogen-bond donors (Lipinski definition) is 0. The van der Waals surface area contributed by atoms with E-state index in [1.807, 2.05) is 0 Å². The maximum absolute atomic E-state index is 6.48. The van der Waals surface area contributed by atoms with Gasteiger partial charge in [0.25, 0.3) is 0 Å². The van der Waals surface area contributed by atoms with Crippen molar-refractivity contribution in [2.75, 3.05) is 6.61 Å². The third kappa shape index (κ3) is 4.25. The summed E-state index contributed by atoms with van der Waals surface area (Å²) >= 11 is 0. The highest BCUT2D eigenvalue weighted by molar-refractivity contribution is 6.86. The van der Waals surface area contributed by atoms with Crippen molar-refractivity contribution < 1.29 is 4.43 Å². The van der Waals surface area contributed by atoms with Crippen molar-refractivity contribution in [2.24, 2.45) is 0 Å². The van der Waals surface area contributed by atoms with Gasteiger partial charge in [0.05, 0.1) is 0 Å². The summed E-state index contributed by atoms with van der Waals surface area (Å²) in [6.45, 7) is 7.74. The van der Waals surface area contributed by atoms with Gasteiger partial charge in [0.2, 0.25) is 8.32 Å². The lowest BCUT2D eigenvalue weighted by atomic mass is 10.4. The van der Waals surface area contributed by atoms with Crippen LogP contribution in [0.2, 0.25) is 12.1 Å². The topological polar surface area (TPSA) is 9.23 Å². The quantitative estimate of drug-likeness (QED) is 0.472. The van der Waals surface area contributed by atoms with Crippen LogP contribution in [-0.2, 0) is 4.43 Å². The summed E-state index contributed by atoms with van der Waals surface area (Å²) in [7, 11) is -1.71. The van der Waals surface area contributed by atoms with E-state index in [0.29, 0.717) is 0 Å². The highest BCUT2D eigenvalue weighted by atomic mass is 28.4. The predicted octanol–water partition coefficient (Wildman–Crippen LogP) is 4.48. The number of rotatable bonds is 9. The van der Waals surface area contributed by atoms with Crippen LogP contribution in [0.25, 0.3) is 0 Å². The molecular formula is C16H28OSi. The van der Waals surface area contributed by atoms with Crippen LogP contribution in [0.15, 0.2) is 30.3 Å². The first-order valence-corrected chi connectivity index (χ1v) is 9.80. The van der Waals surface area contributed by atoms with Crippen molar-refractivity contribution in [3.05, 3.63) is 30.3 Å². The highest BCUT2D eigenvalue weighted by Crippen LogP contribution is 2.22. The second kappa shape index (κ2) is 8.49. The Kier molecular flexibility index (Phi) is 7.29. The van der Waals surface area contributed by atoms with Gasteiger partial charge in [-0.15, -0.1) is 0 Å². The summed E-state index contributed by atoms with van der Waals surface area (Å²) < 4.78 is 6.48. The lowest BCUT2D eigenvalue weighted by Gasteiger charge is -2.31. The van der Waals surface area contributed by atoms with E-state index in [2.05, 4.69) is 51.1 Å². The SMILES string of the molecule is CCCCO[Si](CCC)(CCC)c1ccccc1. The van der Waals surface area contributed by atoms with Gasteiger partial charge in [-0.2, -0.15) is 0 Å². The molecule has 0 aliphatic rings. The van der Waals surface area contributed by atoms with Gasteiger partial charge in [-0.05, 0) is 23.7 Å². The molecular weight excluding hydrogens is 236 g/mol. The van der Waals surface area contributed by atoms with Gasteiger partial charge < -0.3 is 4.43 Å². The fourth-order valence-corrected chi connectivity index (χ4v) is 6.84. The van der Waals surface area contributed by atoms with Crippen LogP contribution in [0.1, 0.15) is 46.5 Å². The van der Waals surface area contributed by atoms with Gasteiger partial charge >= 0.3 is 0 Å². The molecule has 0 unspecified atom stereocenters. The molecule has 0 saturated heterocycles. The average molecular weight is 264 g/mol. The zero-order chi connectivity index (χ0) is 13.3. The van der Waals surface area contributed by atoms with Crippen LogP contribution in [0, 0.1) is 0 Å². The van der Waals surface area contributed by atoms with Crippen molar-refractivity contribution in [2.45, 2.75) is 58.5 Å². The normalized spacial score (nSPS) is 11.7. The molecule has 0 aliphatic heterocycles. The maximum Gasteiger partial charge on any atom is 0.224 e. The Balaban J connectivity index is 2.89. The Morgan fingerprint density at radius 3 is 2.00 bits per heavy atom. The molecule has 2 heteroatoms. The van der Waals surface area contributed by atoms with Gasteiger partial charge in [-0.1, -0.05) is 70.4 Å². The summed E-state index contributed by atoms with van der Waals surface area (Å²) in [6, 6.07) is 13.5. The van der Waals surface area contributed by atoms with Gasteiger partial charge in [-0.25, -0.2) is 0 Å². The minimum Gasteiger partial charge on any atom is -0.412 e. The first-order chi connectivity index (χ1) is 8.79. The molecule has 0 saturated carbocycles. The summed E-state index contributed by atoms with van der Waals surface area (Å²) in [5.41, 5.74) is 0. The molecule has 0 N–H and O–H groups in total. The van der Waals surface area contributed by atoms with E-state index in [-0.39, 0.29) is 0 Å². The third-order valence-electron chi connectivity index (χ3n) is 3.48. The van der Waals surface area contributed by atoms with Crippen LogP contribution in [-0.4, -0.2) is 14.9 Å². The summed E-state index contributed by atoms with van der Waals surface area (Å²) in [6.07, 6.45) is 4.87. The molecule has 1 aromatic rings. The van der Waals surface area contributed by atoms with Crippen LogP contribution in [0.3, 0.4) is 0 Å². The first kappa shape index (κ1) is 15.5. The molecule has 0 bridgehead atoms. The zero-order valence-corrected chi connectivity index (χ0v) is 13.2. The molecule has 0 heterocycles. The monoisotopic (exact) mass is 264 g/mol. The standard InChI is InChI=1S/C16H28OSi/c1-4-7-13-17-18(14-5-2,15-6-3)16-11-9-8-10-12-16/h8-12H,4-7,13-15H2,1-3H3. The molecule has 0 radical (unpaired) electrons. The molecule has 0 atom stereocenters. The molecule has 0 aliphatic carbocycles. The second-order valence-electron chi connectivity index (χ2n) is 5.06. The van der Waals surface area contributed by atoms with E-state index in [1.165, 1.54) is 43.0 Å². The largest absolute Gasteiger partial charge is 0.412 e. The molecule has 102 valence electrons. The molecule has 18 heavy (non-hydrogen) atoms. The molecule has 0 fully saturated rings. The van der Waals surface area contributed by atoms with Crippen molar-refractivity contribution in [3.63, 3.8) is 0 Å². The Hall–Kier alpha value is -0.603. The second-order valence-corrected chi connectivity index (χ2v) is 8.92. The van der Waals surface area contributed by atoms with E-state index in [9.17, 15) is 0 Å². The van der Waals surface area contributed by atoms with Gasteiger partial charge in [0.1, 0.15) is 0 Å². The first-order valence-electron chi connectivity index (χ1n) is 7.48. The lowest BCUT2D eigenvalue weighted by molar-refractivity contribution is 0.297. The van der Waals surface area contributed by atoms with E-state index < -0.39 is 8.32 Å². The van der Waals surface area contributed by atoms with Gasteiger partial charge in [-0.3, -0.25) is 0 Å². The van der Waals surface area contributed by atoms with Crippen LogP contribution < -0.4 is 5.19 Å². The molecule has 0 aromatic heterocycles. The Morgan fingerprint density at radius 1 is 0.889 bits per heavy atom. The zero-order valence-electron chi connectivity index (χ0n) is 12.2. The number of unbranched alkanes of at least 4 members (excludes halogenated alkanes) is 1. The highest BCUT2D eigenvalue weighted by Gasteiger charge is 2.35. The van der Waals surface area contributed by atoms with Crippen molar-refractivity contribution in [1.82, 2.24) is 0 Å². The fourth-order valence-electron chi connectivity index (χ4n) is 2.60. The van der Waals surface area contributed by atoms with E-state index >= 15 is 0 Å². The Labute approximate surface area is 114 Å². The van der Waals surface area contributed by atoms with E-state index in [4.69, 9.17) is 4.43 Å². The van der Waals surface area contributed by atoms with Gasteiger partial charge in [0.15, 0.2) is 0 Å². The fraction of sp³-hybridized carbons (Fsp3) is 0.625. The third-order valence-corrected chi connectivity index (χ3v) is 8.24. The Bertz CT molecular complexity index is 304. The van der Waals surface area contributed by atoms with Crippen LogP contribution in [0.5, 0.6) is 0 Å². The minimum atomic E-state index is -1.71. The maximum atomic E-state index is 6.48. The summed E-state index contributed by atoms with van der Waals surface area (Å²) in [5.74, 6) is 0.